The maximum atomic E-state index is 13.9. The summed E-state index contributed by atoms with van der Waals surface area (Å²) < 4.78 is 11.3. The lowest BCUT2D eigenvalue weighted by atomic mass is 9.76. The number of hydrogen-bond donors (Lipinski definition) is 1. The van der Waals surface area contributed by atoms with E-state index in [2.05, 4.69) is 11.1 Å². The number of methoxy groups -OCH3 is 2. The highest BCUT2D eigenvalue weighted by molar-refractivity contribution is 6.01. The molecule has 1 saturated heterocycles. The number of H-pyrrole nitrogens is 1. The van der Waals surface area contributed by atoms with Crippen LogP contribution in [0.25, 0.3) is 10.9 Å². The zero-order chi connectivity index (χ0) is 22.9. The lowest BCUT2D eigenvalue weighted by Crippen LogP contribution is -2.67. The first kappa shape index (κ1) is 20.1. The number of carbonyl (C=O) groups excluding carboxylic acids is 2. The third kappa shape index (κ3) is 2.68. The fraction of sp³-hybridized carbons (Fsp3) is 0.385. The normalized spacial score (nSPS) is 24.6. The maximum Gasteiger partial charge on any atom is 0.255 e. The van der Waals surface area contributed by atoms with E-state index < -0.39 is 5.54 Å². The van der Waals surface area contributed by atoms with Crippen molar-refractivity contribution in [1.82, 2.24) is 14.8 Å². The van der Waals surface area contributed by atoms with Crippen LogP contribution >= 0.6 is 0 Å². The molecule has 170 valence electrons. The molecule has 7 heteroatoms. The van der Waals surface area contributed by atoms with Gasteiger partial charge in [0, 0.05) is 35.0 Å². The molecule has 1 aliphatic carbocycles. The largest absolute Gasteiger partial charge is 0.493 e. The number of fused-ring (bicyclic) bond motifs is 5. The number of aromatic amines is 1. The highest BCUT2D eigenvalue weighted by atomic mass is 16.5. The van der Waals surface area contributed by atoms with E-state index >= 15 is 0 Å². The molecule has 33 heavy (non-hydrogen) atoms. The molecule has 0 radical (unpaired) electrons. The summed E-state index contributed by atoms with van der Waals surface area (Å²) in [5.41, 5.74) is 2.69. The molecule has 3 aromatic rings. The maximum absolute atomic E-state index is 13.9. The van der Waals surface area contributed by atoms with Crippen LogP contribution in [0.1, 0.15) is 42.5 Å². The van der Waals surface area contributed by atoms with Crippen molar-refractivity contribution < 1.29 is 19.1 Å². The number of nitrogens with one attached hydrogen (secondary N) is 1. The van der Waals surface area contributed by atoms with Gasteiger partial charge in [-0.3, -0.25) is 9.59 Å². The van der Waals surface area contributed by atoms with Crippen LogP contribution in [0.4, 0.5) is 0 Å². The molecule has 3 aliphatic rings. The van der Waals surface area contributed by atoms with Crippen molar-refractivity contribution in [2.75, 3.05) is 27.3 Å². The average molecular weight is 446 g/mol. The van der Waals surface area contributed by atoms with Gasteiger partial charge in [0.1, 0.15) is 6.54 Å². The summed E-state index contributed by atoms with van der Waals surface area (Å²) in [6, 6.07) is 14.1. The molecule has 1 N–H and O–H groups in total. The number of hydrogen-bond acceptors (Lipinski definition) is 4. The first-order valence-electron chi connectivity index (χ1n) is 11.4. The van der Waals surface area contributed by atoms with E-state index in [9.17, 15) is 9.59 Å². The number of para-hydroxylation sites is 2. The minimum atomic E-state index is -1.06. The summed E-state index contributed by atoms with van der Waals surface area (Å²) in [5, 5.41) is 1.06. The summed E-state index contributed by atoms with van der Waals surface area (Å²) in [7, 11) is 3.25. The molecule has 1 unspecified atom stereocenters. The van der Waals surface area contributed by atoms with Crippen LogP contribution in [-0.4, -0.2) is 59.9 Å². The smallest absolute Gasteiger partial charge is 0.255 e. The van der Waals surface area contributed by atoms with E-state index in [4.69, 9.17) is 9.47 Å². The van der Waals surface area contributed by atoms with E-state index in [-0.39, 0.29) is 30.3 Å². The van der Waals surface area contributed by atoms with E-state index in [0.717, 1.165) is 40.6 Å². The quantitative estimate of drug-likeness (QED) is 0.668. The second-order valence-electron chi connectivity index (χ2n) is 9.34. The zero-order valence-electron chi connectivity index (χ0n) is 19.1. The number of nitrogens with zero attached hydrogens (tertiary/aromatic N) is 2. The van der Waals surface area contributed by atoms with E-state index in [1.807, 2.05) is 43.3 Å². The monoisotopic (exact) mass is 445 g/mol. The number of ether oxygens (including phenoxy) is 2. The van der Waals surface area contributed by atoms with Gasteiger partial charge >= 0.3 is 0 Å². The lowest BCUT2D eigenvalue weighted by Gasteiger charge is -2.51. The number of carbonyl (C=O) groups is 2. The predicted octanol–water partition coefficient (Wildman–Crippen LogP) is 3.38. The highest BCUT2D eigenvalue weighted by Gasteiger charge is 2.58. The third-order valence-corrected chi connectivity index (χ3v) is 7.57. The minimum Gasteiger partial charge on any atom is -0.493 e. The fourth-order valence-electron chi connectivity index (χ4n) is 5.78. The SMILES string of the molecule is COc1cccc(C2CN3C(=O)CN(C4CC4)C(=O)[C@]3(C)c3[nH]c4ccccc4c32)c1OC. The Morgan fingerprint density at radius 3 is 2.55 bits per heavy atom. The zero-order valence-corrected chi connectivity index (χ0v) is 19.1. The van der Waals surface area contributed by atoms with Gasteiger partial charge in [0.15, 0.2) is 17.0 Å². The van der Waals surface area contributed by atoms with Crippen molar-refractivity contribution in [2.45, 2.75) is 37.3 Å². The van der Waals surface area contributed by atoms with Gasteiger partial charge in [-0.15, -0.1) is 0 Å². The molecule has 1 saturated carbocycles. The number of piperazine rings is 1. The van der Waals surface area contributed by atoms with Gasteiger partial charge in [-0.1, -0.05) is 30.3 Å². The molecule has 3 heterocycles. The molecule has 2 fully saturated rings. The van der Waals surface area contributed by atoms with Crippen LogP contribution in [0.5, 0.6) is 11.5 Å². The predicted molar refractivity (Wildman–Crippen MR) is 123 cm³/mol. The average Bonchev–Trinajstić information content (AvgIpc) is 3.60. The van der Waals surface area contributed by atoms with Crippen LogP contribution in [0.3, 0.4) is 0 Å². The van der Waals surface area contributed by atoms with Crippen molar-refractivity contribution >= 4 is 22.7 Å². The van der Waals surface area contributed by atoms with Gasteiger partial charge in [0.2, 0.25) is 5.91 Å². The van der Waals surface area contributed by atoms with Crippen molar-refractivity contribution in [2.24, 2.45) is 0 Å². The Bertz CT molecular complexity index is 1290. The first-order chi connectivity index (χ1) is 16.0. The molecule has 2 aromatic carbocycles. The van der Waals surface area contributed by atoms with Gasteiger partial charge in [-0.05, 0) is 37.5 Å². The molecule has 2 amide bonds. The Labute approximate surface area is 192 Å². The van der Waals surface area contributed by atoms with Crippen LogP contribution in [-0.2, 0) is 15.1 Å². The second kappa shape index (κ2) is 7.01. The molecular weight excluding hydrogens is 418 g/mol. The van der Waals surface area contributed by atoms with Crippen molar-refractivity contribution in [3.05, 3.63) is 59.3 Å². The fourth-order valence-corrected chi connectivity index (χ4v) is 5.78. The van der Waals surface area contributed by atoms with Gasteiger partial charge in [-0.25, -0.2) is 0 Å². The first-order valence-corrected chi connectivity index (χ1v) is 11.4. The molecule has 1 aromatic heterocycles. The number of benzene rings is 2. The summed E-state index contributed by atoms with van der Waals surface area (Å²) in [4.78, 5) is 34.5. The van der Waals surface area contributed by atoms with Crippen LogP contribution in [0, 0.1) is 0 Å². The Morgan fingerprint density at radius 1 is 1.03 bits per heavy atom. The van der Waals surface area contributed by atoms with Crippen molar-refractivity contribution in [1.29, 1.82) is 0 Å². The summed E-state index contributed by atoms with van der Waals surface area (Å²) in [6.45, 7) is 2.45. The lowest BCUT2D eigenvalue weighted by molar-refractivity contribution is -0.166. The van der Waals surface area contributed by atoms with Gasteiger partial charge in [-0.2, -0.15) is 0 Å². The summed E-state index contributed by atoms with van der Waals surface area (Å²) >= 11 is 0. The van der Waals surface area contributed by atoms with Crippen LogP contribution in [0.2, 0.25) is 0 Å². The van der Waals surface area contributed by atoms with Crippen molar-refractivity contribution in [3.8, 4) is 11.5 Å². The standard InChI is InChI=1S/C26H27N3O4/c1-26-24-22(17-7-4-5-9-19(17)27-24)18(16-8-6-10-20(32-2)23(16)33-3)13-29(26)21(30)14-28(25(26)31)15-11-12-15/h4-10,15,18,27H,11-14H2,1-3H3/t18?,26-/m0/s1. The second-order valence-corrected chi connectivity index (χ2v) is 9.34. The topological polar surface area (TPSA) is 74.9 Å². The molecule has 7 nitrogen and oxygen atoms in total. The molecule has 0 bridgehead atoms. The number of rotatable bonds is 4. The van der Waals surface area contributed by atoms with E-state index in [0.29, 0.717) is 18.0 Å². The molecular formula is C26H27N3O4. The van der Waals surface area contributed by atoms with E-state index in [1.54, 1.807) is 24.0 Å². The van der Waals surface area contributed by atoms with Crippen LogP contribution in [0.15, 0.2) is 42.5 Å². The molecule has 2 atom stereocenters. The Hall–Kier alpha value is -3.48. The van der Waals surface area contributed by atoms with Gasteiger partial charge in [0.05, 0.1) is 19.9 Å². The van der Waals surface area contributed by atoms with Gasteiger partial charge in [0.25, 0.3) is 5.91 Å². The Balaban J connectivity index is 1.62. The van der Waals surface area contributed by atoms with E-state index in [1.165, 1.54) is 0 Å². The van der Waals surface area contributed by atoms with Gasteiger partial charge < -0.3 is 24.3 Å². The third-order valence-electron chi connectivity index (χ3n) is 7.57. The van der Waals surface area contributed by atoms with Crippen LogP contribution < -0.4 is 9.47 Å². The molecule has 6 rings (SSSR count). The summed E-state index contributed by atoms with van der Waals surface area (Å²) in [6.07, 6.45) is 1.94. The number of amides is 2. The Kier molecular flexibility index (Phi) is 4.28. The number of aromatic nitrogens is 1. The molecule has 0 spiro atoms. The summed E-state index contributed by atoms with van der Waals surface area (Å²) in [5.74, 6) is 1.12. The Morgan fingerprint density at radius 2 is 1.82 bits per heavy atom. The molecule has 2 aliphatic heterocycles. The minimum absolute atomic E-state index is 0.00784. The highest BCUT2D eigenvalue weighted by Crippen LogP contribution is 2.51. The van der Waals surface area contributed by atoms with Crippen molar-refractivity contribution in [3.63, 3.8) is 0 Å².